The number of hydrogen-bond donors (Lipinski definition) is 0. The van der Waals surface area contributed by atoms with Crippen LogP contribution in [-0.4, -0.2) is 29.7 Å². The minimum Gasteiger partial charge on any atom is -0.308 e. The zero-order valence-corrected chi connectivity index (χ0v) is 12.7. The normalized spacial score (nSPS) is 24.4. The molecule has 1 aromatic carbocycles. The fraction of sp³-hybridized carbons (Fsp3) is 0.600. The number of quaternary nitrogens is 1. The maximum absolute atomic E-state index is 8.49. The van der Waals surface area contributed by atoms with Crippen LogP contribution in [0.15, 0.2) is 24.3 Å². The van der Waals surface area contributed by atoms with E-state index in [2.05, 4.69) is 24.3 Å². The Hall–Kier alpha value is -0.690. The molecule has 116 valence electrons. The lowest BCUT2D eigenvalue weighted by atomic mass is 10.0. The quantitative estimate of drug-likeness (QED) is 0.401. The number of hydrogen-bond acceptors (Lipinski definition) is 4. The molecule has 5 nitrogen and oxygen atoms in total. The average molecular weight is 314 g/mol. The van der Waals surface area contributed by atoms with Crippen molar-refractivity contribution in [2.24, 2.45) is 0 Å². The van der Waals surface area contributed by atoms with Crippen LogP contribution in [0.4, 0.5) is 0 Å². The lowest BCUT2D eigenvalue weighted by molar-refractivity contribution is -2.00. The summed E-state index contributed by atoms with van der Waals surface area (Å²) in [5, 5.41) is 0. The third-order valence-electron chi connectivity index (χ3n) is 5.33. The van der Waals surface area contributed by atoms with Crippen LogP contribution in [0.2, 0.25) is 0 Å². The molecule has 0 bridgehead atoms. The molecule has 2 heterocycles. The summed E-state index contributed by atoms with van der Waals surface area (Å²) in [6.45, 7) is 4.41. The fourth-order valence-corrected chi connectivity index (χ4v) is 4.40. The number of fused-ring (bicyclic) bond motifs is 2. The molecule has 2 saturated heterocycles. The zero-order chi connectivity index (χ0) is 15.1. The highest BCUT2D eigenvalue weighted by Gasteiger charge is 2.70. The summed E-state index contributed by atoms with van der Waals surface area (Å²) >= 11 is 0. The minimum atomic E-state index is -4.94. The molecular formula is C15H20ClNO4. The van der Waals surface area contributed by atoms with Gasteiger partial charge in [-0.3, -0.25) is 0 Å². The number of nitrogens with zero attached hydrogens (tertiary/aromatic N) is 1. The van der Waals surface area contributed by atoms with Gasteiger partial charge in [0.05, 0.1) is 13.1 Å². The minimum absolute atomic E-state index is 0.657. The highest BCUT2D eigenvalue weighted by Crippen LogP contribution is 2.53. The smallest absolute Gasteiger partial charge is 0.157 e. The Morgan fingerprint density at radius 2 is 1.33 bits per heavy atom. The number of rotatable bonds is 0. The van der Waals surface area contributed by atoms with Gasteiger partial charge in [0, 0.05) is 12.8 Å². The Morgan fingerprint density at radius 3 is 1.81 bits per heavy atom. The first-order valence-corrected chi connectivity index (χ1v) is 8.62. The molecule has 21 heavy (non-hydrogen) atoms. The summed E-state index contributed by atoms with van der Waals surface area (Å²) in [6.07, 6.45) is 7.14. The summed E-state index contributed by atoms with van der Waals surface area (Å²) in [4.78, 5) is 0. The fourth-order valence-electron chi connectivity index (χ4n) is 4.40. The number of benzene rings is 1. The van der Waals surface area contributed by atoms with Gasteiger partial charge in [-0.2, -0.15) is 0 Å². The third-order valence-corrected chi connectivity index (χ3v) is 5.33. The molecule has 0 saturated carbocycles. The summed E-state index contributed by atoms with van der Waals surface area (Å²) in [7, 11) is -4.94. The molecule has 2 spiro atoms. The van der Waals surface area contributed by atoms with Crippen LogP contribution in [0, 0.1) is 10.2 Å². The van der Waals surface area contributed by atoms with Crippen LogP contribution in [0.1, 0.15) is 30.4 Å². The molecule has 1 aromatic rings. The lowest BCUT2D eigenvalue weighted by Gasteiger charge is -2.28. The van der Waals surface area contributed by atoms with E-state index in [1.54, 1.807) is 11.1 Å². The predicted octanol–water partition coefficient (Wildman–Crippen LogP) is -2.22. The summed E-state index contributed by atoms with van der Waals surface area (Å²) in [5.74, 6) is 0. The van der Waals surface area contributed by atoms with E-state index in [0.717, 1.165) is 0 Å². The van der Waals surface area contributed by atoms with Crippen molar-refractivity contribution in [3.63, 3.8) is 0 Å². The Morgan fingerprint density at radius 1 is 0.857 bits per heavy atom. The van der Waals surface area contributed by atoms with Gasteiger partial charge in [0.25, 0.3) is 0 Å². The van der Waals surface area contributed by atoms with Gasteiger partial charge in [-0.05, 0) is 30.4 Å². The van der Waals surface area contributed by atoms with Crippen molar-refractivity contribution in [1.29, 1.82) is 0 Å². The predicted molar refractivity (Wildman–Crippen MR) is 65.3 cm³/mol. The third kappa shape index (κ3) is 3.08. The molecule has 6 heteroatoms. The Kier molecular flexibility index (Phi) is 3.76. The van der Waals surface area contributed by atoms with E-state index >= 15 is 0 Å². The Balaban J connectivity index is 0.000000233. The second-order valence-corrected chi connectivity index (χ2v) is 7.29. The lowest BCUT2D eigenvalue weighted by Crippen LogP contribution is -2.68. The van der Waals surface area contributed by atoms with Gasteiger partial charge in [0.1, 0.15) is 6.54 Å². The van der Waals surface area contributed by atoms with Gasteiger partial charge < -0.3 is 4.48 Å². The monoisotopic (exact) mass is 313 g/mol. The summed E-state index contributed by atoms with van der Waals surface area (Å²) in [5.41, 5.74) is 3.94. The molecule has 3 aliphatic rings. The number of piperidine rings is 1. The SMILES string of the molecule is [O-][Cl+3]([O-])([O-])[O-].c1ccc2c(c1)CC1(C2)C[N+]12CCCCC2. The first-order chi connectivity index (χ1) is 9.84. The van der Waals surface area contributed by atoms with Crippen molar-refractivity contribution in [2.45, 2.75) is 37.6 Å². The van der Waals surface area contributed by atoms with E-state index in [4.69, 9.17) is 18.6 Å². The van der Waals surface area contributed by atoms with Crippen LogP contribution >= 0.6 is 0 Å². The van der Waals surface area contributed by atoms with E-state index < -0.39 is 10.2 Å². The highest BCUT2D eigenvalue weighted by atomic mass is 35.7. The van der Waals surface area contributed by atoms with Crippen LogP contribution in [-0.2, 0) is 12.8 Å². The van der Waals surface area contributed by atoms with Crippen LogP contribution in [0.25, 0.3) is 0 Å². The van der Waals surface area contributed by atoms with Crippen molar-refractivity contribution in [3.8, 4) is 0 Å². The first kappa shape index (κ1) is 15.2. The van der Waals surface area contributed by atoms with Crippen LogP contribution in [0.3, 0.4) is 0 Å². The number of halogens is 1. The first-order valence-electron chi connectivity index (χ1n) is 7.38. The molecule has 0 radical (unpaired) electrons. The van der Waals surface area contributed by atoms with Gasteiger partial charge >= 0.3 is 0 Å². The van der Waals surface area contributed by atoms with Gasteiger partial charge in [0.15, 0.2) is 5.54 Å². The molecule has 2 fully saturated rings. The van der Waals surface area contributed by atoms with E-state index in [9.17, 15) is 0 Å². The standard InChI is InChI=1S/C15H20N.ClHO4/c1-4-8-16(9-5-1)12-15(16)10-13-6-2-3-7-14(13)11-15;2-1(3,4)5/h2-3,6-7H,1,4-5,8-12H2;(H,2,3,4,5)/q+1;/p-1. The molecule has 4 rings (SSSR count). The second kappa shape index (κ2) is 5.19. The molecule has 0 aromatic heterocycles. The van der Waals surface area contributed by atoms with E-state index in [-0.39, 0.29) is 0 Å². The molecule has 2 aliphatic heterocycles. The van der Waals surface area contributed by atoms with Crippen molar-refractivity contribution >= 4 is 0 Å². The van der Waals surface area contributed by atoms with Gasteiger partial charge in [0.2, 0.25) is 0 Å². The zero-order valence-electron chi connectivity index (χ0n) is 11.9. The van der Waals surface area contributed by atoms with Gasteiger partial charge in [-0.1, -0.05) is 24.3 Å². The van der Waals surface area contributed by atoms with Gasteiger partial charge in [-0.15, -0.1) is 10.2 Å². The van der Waals surface area contributed by atoms with Crippen molar-refractivity contribution in [3.05, 3.63) is 35.4 Å². The van der Waals surface area contributed by atoms with Crippen molar-refractivity contribution < 1.29 is 33.4 Å². The Labute approximate surface area is 126 Å². The maximum Gasteiger partial charge on any atom is 0.157 e. The molecule has 1 aliphatic carbocycles. The second-order valence-electron chi connectivity index (χ2n) is 6.54. The van der Waals surface area contributed by atoms with E-state index in [1.807, 2.05) is 0 Å². The Bertz CT molecular complexity index is 492. The van der Waals surface area contributed by atoms with Crippen molar-refractivity contribution in [1.82, 2.24) is 0 Å². The molecule has 0 unspecified atom stereocenters. The summed E-state index contributed by atoms with van der Waals surface area (Å²) in [6, 6.07) is 9.12. The maximum atomic E-state index is 8.49. The van der Waals surface area contributed by atoms with Crippen molar-refractivity contribution in [2.75, 3.05) is 19.6 Å². The molecule has 0 atom stereocenters. The van der Waals surface area contributed by atoms with Crippen LogP contribution < -0.4 is 18.6 Å². The highest BCUT2D eigenvalue weighted by molar-refractivity contribution is 5.37. The van der Waals surface area contributed by atoms with Crippen LogP contribution in [0.5, 0.6) is 0 Å². The van der Waals surface area contributed by atoms with E-state index in [0.29, 0.717) is 5.54 Å². The summed E-state index contributed by atoms with van der Waals surface area (Å²) < 4.78 is 35.4. The molecule has 0 amide bonds. The topological polar surface area (TPSA) is 92.2 Å². The van der Waals surface area contributed by atoms with Gasteiger partial charge in [-0.25, -0.2) is 18.6 Å². The largest absolute Gasteiger partial charge is 0.308 e. The molecule has 0 N–H and O–H groups in total. The molecular weight excluding hydrogens is 294 g/mol. The van der Waals surface area contributed by atoms with E-state index in [1.165, 1.54) is 56.2 Å². The average Bonchev–Trinajstić information content (AvgIpc) is 2.80.